The molecule has 0 saturated carbocycles. The van der Waals surface area contributed by atoms with Gasteiger partial charge in [0.15, 0.2) is 0 Å². The number of halogens is 1. The Morgan fingerprint density at radius 2 is 1.88 bits per heavy atom. The van der Waals surface area contributed by atoms with Gasteiger partial charge < -0.3 is 9.64 Å². The van der Waals surface area contributed by atoms with E-state index in [4.69, 9.17) is 4.74 Å². The number of hydrogen-bond acceptors (Lipinski definition) is 4. The monoisotopic (exact) mass is 378 g/mol. The Morgan fingerprint density at radius 1 is 1.19 bits per heavy atom. The standard InChI is InChI=1S/C18H19FN2O4S/c1-2-25-15-9-7-14(8-10-15)21-12-13(11-18(21)22)20-26(23,24)17-6-4-3-5-16(17)19/h3-10,13,20H,2,11-12H2,1H3/t13-/m0/s1. The first kappa shape index (κ1) is 18.3. The zero-order valence-electron chi connectivity index (χ0n) is 14.2. The fourth-order valence-electron chi connectivity index (χ4n) is 2.87. The van der Waals surface area contributed by atoms with Gasteiger partial charge in [-0.25, -0.2) is 17.5 Å². The van der Waals surface area contributed by atoms with Crippen LogP contribution in [-0.2, 0) is 14.8 Å². The van der Waals surface area contributed by atoms with E-state index in [1.54, 1.807) is 24.3 Å². The van der Waals surface area contributed by atoms with Crippen LogP contribution in [0, 0.1) is 5.82 Å². The Bertz CT molecular complexity index is 900. The number of nitrogens with zero attached hydrogens (tertiary/aromatic N) is 1. The normalized spacial score (nSPS) is 17.5. The van der Waals surface area contributed by atoms with Crippen LogP contribution < -0.4 is 14.4 Å². The lowest BCUT2D eigenvalue weighted by atomic mass is 10.3. The lowest BCUT2D eigenvalue weighted by molar-refractivity contribution is -0.117. The van der Waals surface area contributed by atoms with Crippen LogP contribution in [0.2, 0.25) is 0 Å². The number of hydrogen-bond donors (Lipinski definition) is 1. The molecular weight excluding hydrogens is 359 g/mol. The van der Waals surface area contributed by atoms with Gasteiger partial charge in [0.1, 0.15) is 16.5 Å². The van der Waals surface area contributed by atoms with Gasteiger partial charge in [-0.15, -0.1) is 0 Å². The summed E-state index contributed by atoms with van der Waals surface area (Å²) in [5.41, 5.74) is 0.658. The Labute approximate surface area is 151 Å². The first-order chi connectivity index (χ1) is 12.4. The van der Waals surface area contributed by atoms with Gasteiger partial charge in [-0.3, -0.25) is 4.79 Å². The van der Waals surface area contributed by atoms with Crippen molar-refractivity contribution in [3.05, 3.63) is 54.3 Å². The topological polar surface area (TPSA) is 75.7 Å². The molecule has 2 aromatic rings. The number of anilines is 1. The molecule has 0 unspecified atom stereocenters. The number of amides is 1. The van der Waals surface area contributed by atoms with Crippen molar-refractivity contribution in [3.8, 4) is 5.75 Å². The highest BCUT2D eigenvalue weighted by atomic mass is 32.2. The van der Waals surface area contributed by atoms with Crippen molar-refractivity contribution in [3.63, 3.8) is 0 Å². The first-order valence-electron chi connectivity index (χ1n) is 8.21. The molecule has 1 aliphatic rings. The maximum absolute atomic E-state index is 13.8. The van der Waals surface area contributed by atoms with E-state index in [1.807, 2.05) is 6.92 Å². The summed E-state index contributed by atoms with van der Waals surface area (Å²) in [7, 11) is -4.04. The van der Waals surface area contributed by atoms with Crippen molar-refractivity contribution >= 4 is 21.6 Å². The van der Waals surface area contributed by atoms with Crippen LogP contribution in [-0.4, -0.2) is 33.5 Å². The smallest absolute Gasteiger partial charge is 0.243 e. The molecule has 138 valence electrons. The molecule has 3 rings (SSSR count). The van der Waals surface area contributed by atoms with Crippen molar-refractivity contribution in [1.82, 2.24) is 4.72 Å². The predicted octanol–water partition coefficient (Wildman–Crippen LogP) is 2.31. The highest BCUT2D eigenvalue weighted by molar-refractivity contribution is 7.89. The Balaban J connectivity index is 1.72. The van der Waals surface area contributed by atoms with Crippen LogP contribution in [0.3, 0.4) is 0 Å². The molecule has 0 bridgehead atoms. The van der Waals surface area contributed by atoms with Gasteiger partial charge in [-0.2, -0.15) is 0 Å². The third-order valence-corrected chi connectivity index (χ3v) is 5.59. The molecule has 1 saturated heterocycles. The molecule has 0 aliphatic carbocycles. The fourth-order valence-corrected chi connectivity index (χ4v) is 4.18. The third kappa shape index (κ3) is 3.86. The zero-order valence-corrected chi connectivity index (χ0v) is 15.0. The Hall–Kier alpha value is -2.45. The van der Waals surface area contributed by atoms with Gasteiger partial charge in [0.25, 0.3) is 0 Å². The van der Waals surface area contributed by atoms with Crippen LogP contribution >= 0.6 is 0 Å². The fraction of sp³-hybridized carbons (Fsp3) is 0.278. The number of sulfonamides is 1. The number of nitrogens with one attached hydrogen (secondary N) is 1. The molecule has 2 aromatic carbocycles. The molecule has 1 amide bonds. The molecule has 26 heavy (non-hydrogen) atoms. The summed E-state index contributed by atoms with van der Waals surface area (Å²) in [5, 5.41) is 0. The van der Waals surface area contributed by atoms with E-state index >= 15 is 0 Å². The lowest BCUT2D eigenvalue weighted by Gasteiger charge is -2.18. The quantitative estimate of drug-likeness (QED) is 0.837. The van der Waals surface area contributed by atoms with Gasteiger partial charge in [-0.05, 0) is 43.3 Å². The van der Waals surface area contributed by atoms with Crippen LogP contribution in [0.4, 0.5) is 10.1 Å². The highest BCUT2D eigenvalue weighted by Gasteiger charge is 2.34. The molecule has 0 spiro atoms. The van der Waals surface area contributed by atoms with Crippen molar-refractivity contribution in [2.24, 2.45) is 0 Å². The maximum Gasteiger partial charge on any atom is 0.243 e. The van der Waals surface area contributed by atoms with Crippen LogP contribution in [0.5, 0.6) is 5.75 Å². The SMILES string of the molecule is CCOc1ccc(N2C[C@@H](NS(=O)(=O)c3ccccc3F)CC2=O)cc1. The zero-order chi connectivity index (χ0) is 18.7. The molecule has 1 fully saturated rings. The number of ether oxygens (including phenoxy) is 1. The molecule has 0 radical (unpaired) electrons. The van der Waals surface area contributed by atoms with Crippen molar-refractivity contribution in [2.75, 3.05) is 18.1 Å². The summed E-state index contributed by atoms with van der Waals surface area (Å²) >= 11 is 0. The molecule has 0 aromatic heterocycles. The van der Waals surface area contributed by atoms with E-state index < -0.39 is 26.8 Å². The maximum atomic E-state index is 13.8. The van der Waals surface area contributed by atoms with E-state index in [9.17, 15) is 17.6 Å². The third-order valence-electron chi connectivity index (χ3n) is 4.03. The van der Waals surface area contributed by atoms with E-state index in [2.05, 4.69) is 4.72 Å². The minimum Gasteiger partial charge on any atom is -0.494 e. The van der Waals surface area contributed by atoms with E-state index in [0.717, 1.165) is 6.07 Å². The summed E-state index contributed by atoms with van der Waals surface area (Å²) in [5.74, 6) is -0.331. The molecule has 1 N–H and O–H groups in total. The molecular formula is C18H19FN2O4S. The highest BCUT2D eigenvalue weighted by Crippen LogP contribution is 2.25. The second kappa shape index (κ2) is 7.43. The van der Waals surface area contributed by atoms with Crippen LogP contribution in [0.1, 0.15) is 13.3 Å². The van der Waals surface area contributed by atoms with Crippen LogP contribution in [0.15, 0.2) is 53.4 Å². The van der Waals surface area contributed by atoms with Gasteiger partial charge in [0.05, 0.1) is 6.61 Å². The lowest BCUT2D eigenvalue weighted by Crippen LogP contribution is -2.37. The Morgan fingerprint density at radius 3 is 2.54 bits per heavy atom. The predicted molar refractivity (Wildman–Crippen MR) is 95.1 cm³/mol. The van der Waals surface area contributed by atoms with Gasteiger partial charge in [-0.1, -0.05) is 12.1 Å². The second-order valence-electron chi connectivity index (χ2n) is 5.88. The minimum atomic E-state index is -4.04. The Kier molecular flexibility index (Phi) is 5.24. The summed E-state index contributed by atoms with van der Waals surface area (Å²) in [4.78, 5) is 13.4. The average Bonchev–Trinajstić information content (AvgIpc) is 2.95. The summed E-state index contributed by atoms with van der Waals surface area (Å²) in [6.07, 6.45) is 0.0148. The van der Waals surface area contributed by atoms with Crippen LogP contribution in [0.25, 0.3) is 0 Å². The second-order valence-corrected chi connectivity index (χ2v) is 7.57. The molecule has 1 atom stereocenters. The molecule has 1 heterocycles. The minimum absolute atomic E-state index is 0.0148. The largest absolute Gasteiger partial charge is 0.494 e. The number of benzene rings is 2. The first-order valence-corrected chi connectivity index (χ1v) is 9.69. The molecule has 6 nitrogen and oxygen atoms in total. The summed E-state index contributed by atoms with van der Waals surface area (Å²) in [6, 6.07) is 11.5. The number of carbonyl (C=O) groups is 1. The van der Waals surface area contributed by atoms with Crippen molar-refractivity contribution in [1.29, 1.82) is 0 Å². The average molecular weight is 378 g/mol. The number of rotatable bonds is 6. The van der Waals surface area contributed by atoms with E-state index in [-0.39, 0.29) is 18.9 Å². The number of carbonyl (C=O) groups excluding carboxylic acids is 1. The van der Waals surface area contributed by atoms with Crippen molar-refractivity contribution < 1.29 is 22.3 Å². The van der Waals surface area contributed by atoms with Gasteiger partial charge >= 0.3 is 0 Å². The van der Waals surface area contributed by atoms with E-state index in [1.165, 1.54) is 23.1 Å². The van der Waals surface area contributed by atoms with E-state index in [0.29, 0.717) is 18.0 Å². The molecule has 1 aliphatic heterocycles. The van der Waals surface area contributed by atoms with Gasteiger partial charge in [0, 0.05) is 24.7 Å². The summed E-state index contributed by atoms with van der Waals surface area (Å²) in [6.45, 7) is 2.60. The van der Waals surface area contributed by atoms with Gasteiger partial charge in [0.2, 0.25) is 15.9 Å². The molecule has 8 heteroatoms. The van der Waals surface area contributed by atoms with Crippen molar-refractivity contribution in [2.45, 2.75) is 24.3 Å². The summed E-state index contributed by atoms with van der Waals surface area (Å²) < 4.78 is 46.3.